The molecule has 122 valence electrons. The molecule has 0 radical (unpaired) electrons. The van der Waals surface area contributed by atoms with Crippen LogP contribution in [0, 0.1) is 0 Å². The van der Waals surface area contributed by atoms with Gasteiger partial charge in [-0.05, 0) is 24.6 Å². The first-order valence-corrected chi connectivity index (χ1v) is 8.01. The molecule has 6 nitrogen and oxygen atoms in total. The molecule has 0 aliphatic heterocycles. The van der Waals surface area contributed by atoms with Crippen molar-refractivity contribution in [1.82, 2.24) is 0 Å². The molecular formula is C17H13NO5S. The first kappa shape index (κ1) is 15.9. The summed E-state index contributed by atoms with van der Waals surface area (Å²) in [5, 5.41) is 12.6. The summed E-state index contributed by atoms with van der Waals surface area (Å²) in [5.41, 5.74) is -0.545. The van der Waals surface area contributed by atoms with Crippen molar-refractivity contribution in [3.8, 4) is 0 Å². The molecule has 1 aromatic carbocycles. The molecule has 0 spiro atoms. The molecule has 7 heteroatoms. The molecule has 2 heterocycles. The Hall–Kier alpha value is -2.93. The van der Waals surface area contributed by atoms with E-state index in [1.807, 2.05) is 6.92 Å². The number of carboxylic acid groups (broad SMARTS) is 1. The number of aryl methyl sites for hydroxylation is 1. The summed E-state index contributed by atoms with van der Waals surface area (Å²) >= 11 is 1.17. The molecule has 3 rings (SSSR count). The number of anilines is 1. The first-order chi connectivity index (χ1) is 11.5. The van der Waals surface area contributed by atoms with E-state index >= 15 is 0 Å². The molecule has 0 aliphatic carbocycles. The van der Waals surface area contributed by atoms with Crippen LogP contribution in [0.4, 0.5) is 5.00 Å². The van der Waals surface area contributed by atoms with Gasteiger partial charge >= 0.3 is 11.6 Å². The smallest absolute Gasteiger partial charge is 0.349 e. The van der Waals surface area contributed by atoms with Gasteiger partial charge in [0, 0.05) is 10.3 Å². The molecule has 24 heavy (non-hydrogen) atoms. The fourth-order valence-corrected chi connectivity index (χ4v) is 3.24. The molecule has 0 atom stereocenters. The molecule has 0 saturated heterocycles. The fraction of sp³-hybridized carbons (Fsp3) is 0.118. The summed E-state index contributed by atoms with van der Waals surface area (Å²) in [6.45, 7) is 1.89. The third kappa shape index (κ3) is 2.93. The number of hydrogen-bond donors (Lipinski definition) is 2. The van der Waals surface area contributed by atoms with Crippen molar-refractivity contribution in [2.45, 2.75) is 13.3 Å². The second-order valence-electron chi connectivity index (χ2n) is 5.05. The van der Waals surface area contributed by atoms with Crippen molar-refractivity contribution in [2.75, 3.05) is 5.32 Å². The molecule has 0 saturated carbocycles. The van der Waals surface area contributed by atoms with Crippen LogP contribution in [-0.2, 0) is 6.42 Å². The maximum atomic E-state index is 12.4. The largest absolute Gasteiger partial charge is 0.478 e. The summed E-state index contributed by atoms with van der Waals surface area (Å²) in [4.78, 5) is 36.5. The zero-order chi connectivity index (χ0) is 17.3. The molecule has 0 fully saturated rings. The Bertz CT molecular complexity index is 1000. The predicted molar refractivity (Wildman–Crippen MR) is 91.1 cm³/mol. The number of benzene rings is 1. The third-order valence-corrected chi connectivity index (χ3v) is 4.67. The third-order valence-electron chi connectivity index (χ3n) is 3.48. The van der Waals surface area contributed by atoms with E-state index in [-0.39, 0.29) is 16.1 Å². The van der Waals surface area contributed by atoms with Gasteiger partial charge in [0.05, 0.1) is 5.56 Å². The van der Waals surface area contributed by atoms with E-state index in [1.54, 1.807) is 24.3 Å². The van der Waals surface area contributed by atoms with Crippen LogP contribution in [-0.4, -0.2) is 17.0 Å². The standard InChI is InChI=1S/C17H13NO5S/c1-2-10-8-12(16(20)21)15(24-10)18-14(19)11-7-9-5-3-4-6-13(9)23-17(11)22/h3-8H,2H2,1H3,(H,18,19)(H,20,21). The highest BCUT2D eigenvalue weighted by Gasteiger charge is 2.20. The molecule has 2 N–H and O–H groups in total. The van der Waals surface area contributed by atoms with Crippen LogP contribution in [0.25, 0.3) is 11.0 Å². The van der Waals surface area contributed by atoms with Crippen molar-refractivity contribution in [1.29, 1.82) is 0 Å². The topological polar surface area (TPSA) is 96.6 Å². The van der Waals surface area contributed by atoms with Gasteiger partial charge in [-0.15, -0.1) is 11.3 Å². The number of carboxylic acids is 1. The first-order valence-electron chi connectivity index (χ1n) is 7.20. The minimum atomic E-state index is -1.13. The number of hydrogen-bond acceptors (Lipinski definition) is 5. The van der Waals surface area contributed by atoms with Gasteiger partial charge in [-0.3, -0.25) is 4.79 Å². The molecule has 0 aliphatic rings. The Kier molecular flexibility index (Phi) is 4.18. The highest BCUT2D eigenvalue weighted by atomic mass is 32.1. The van der Waals surface area contributed by atoms with Crippen LogP contribution in [0.5, 0.6) is 0 Å². The number of fused-ring (bicyclic) bond motifs is 1. The molecule has 1 amide bonds. The number of para-hydroxylation sites is 1. The minimum Gasteiger partial charge on any atom is -0.478 e. The minimum absolute atomic E-state index is 0.00961. The maximum Gasteiger partial charge on any atom is 0.349 e. The lowest BCUT2D eigenvalue weighted by Gasteiger charge is -2.04. The van der Waals surface area contributed by atoms with Gasteiger partial charge in [0.25, 0.3) is 5.91 Å². The SMILES string of the molecule is CCc1cc(C(=O)O)c(NC(=O)c2cc3ccccc3oc2=O)s1. The van der Waals surface area contributed by atoms with E-state index in [4.69, 9.17) is 4.42 Å². The number of rotatable bonds is 4. The van der Waals surface area contributed by atoms with E-state index in [2.05, 4.69) is 5.32 Å². The Morgan fingerprint density at radius 3 is 2.67 bits per heavy atom. The van der Waals surface area contributed by atoms with Crippen molar-refractivity contribution in [2.24, 2.45) is 0 Å². The lowest BCUT2D eigenvalue weighted by Crippen LogP contribution is -2.21. The lowest BCUT2D eigenvalue weighted by molar-refractivity contribution is 0.0698. The Morgan fingerprint density at radius 1 is 1.21 bits per heavy atom. The van der Waals surface area contributed by atoms with E-state index in [1.165, 1.54) is 23.5 Å². The van der Waals surface area contributed by atoms with E-state index in [0.717, 1.165) is 4.88 Å². The summed E-state index contributed by atoms with van der Waals surface area (Å²) in [6, 6.07) is 9.80. The van der Waals surface area contributed by atoms with Gasteiger partial charge in [-0.25, -0.2) is 9.59 Å². The average molecular weight is 343 g/mol. The normalized spacial score (nSPS) is 10.7. The zero-order valence-electron chi connectivity index (χ0n) is 12.7. The summed E-state index contributed by atoms with van der Waals surface area (Å²) < 4.78 is 5.13. The second kappa shape index (κ2) is 6.29. The van der Waals surface area contributed by atoms with Crippen molar-refractivity contribution in [3.63, 3.8) is 0 Å². The zero-order valence-corrected chi connectivity index (χ0v) is 13.5. The second-order valence-corrected chi connectivity index (χ2v) is 6.19. The number of amides is 1. The van der Waals surface area contributed by atoms with Crippen LogP contribution < -0.4 is 10.9 Å². The van der Waals surface area contributed by atoms with Gasteiger partial charge in [0.1, 0.15) is 16.1 Å². The molecule has 2 aromatic heterocycles. The van der Waals surface area contributed by atoms with Crippen LogP contribution in [0.2, 0.25) is 0 Å². The van der Waals surface area contributed by atoms with Crippen LogP contribution in [0.3, 0.4) is 0 Å². The highest BCUT2D eigenvalue weighted by molar-refractivity contribution is 7.16. The summed E-state index contributed by atoms with van der Waals surface area (Å²) in [5.74, 6) is -1.83. The van der Waals surface area contributed by atoms with E-state index in [0.29, 0.717) is 17.4 Å². The van der Waals surface area contributed by atoms with E-state index < -0.39 is 17.5 Å². The fourth-order valence-electron chi connectivity index (χ4n) is 2.26. The Morgan fingerprint density at radius 2 is 1.96 bits per heavy atom. The van der Waals surface area contributed by atoms with Crippen LogP contribution in [0.15, 0.2) is 45.6 Å². The number of carbonyl (C=O) groups is 2. The van der Waals surface area contributed by atoms with Crippen LogP contribution in [0.1, 0.15) is 32.5 Å². The monoisotopic (exact) mass is 343 g/mol. The summed E-state index contributed by atoms with van der Waals surface area (Å²) in [7, 11) is 0. The van der Waals surface area contributed by atoms with Crippen molar-refractivity contribution >= 4 is 39.2 Å². The van der Waals surface area contributed by atoms with Crippen molar-refractivity contribution < 1.29 is 19.1 Å². The number of thiophene rings is 1. The Labute approximate surface area is 140 Å². The van der Waals surface area contributed by atoms with Gasteiger partial charge in [0.15, 0.2) is 0 Å². The molecular weight excluding hydrogens is 330 g/mol. The average Bonchev–Trinajstić information content (AvgIpc) is 2.97. The summed E-state index contributed by atoms with van der Waals surface area (Å²) in [6.07, 6.45) is 0.652. The molecule has 3 aromatic rings. The number of nitrogens with one attached hydrogen (secondary N) is 1. The number of aromatic carboxylic acids is 1. The quantitative estimate of drug-likeness (QED) is 0.708. The maximum absolute atomic E-state index is 12.4. The lowest BCUT2D eigenvalue weighted by atomic mass is 10.2. The van der Waals surface area contributed by atoms with Crippen LogP contribution >= 0.6 is 11.3 Å². The van der Waals surface area contributed by atoms with Gasteiger partial charge < -0.3 is 14.8 Å². The predicted octanol–water partition coefficient (Wildman–Crippen LogP) is 3.37. The number of carbonyl (C=O) groups excluding carboxylic acids is 1. The van der Waals surface area contributed by atoms with E-state index in [9.17, 15) is 19.5 Å². The van der Waals surface area contributed by atoms with Gasteiger partial charge in [-0.1, -0.05) is 25.1 Å². The highest BCUT2D eigenvalue weighted by Crippen LogP contribution is 2.29. The van der Waals surface area contributed by atoms with Gasteiger partial charge in [0.2, 0.25) is 0 Å². The van der Waals surface area contributed by atoms with Crippen molar-refractivity contribution in [3.05, 3.63) is 62.8 Å². The van der Waals surface area contributed by atoms with Gasteiger partial charge in [-0.2, -0.15) is 0 Å². The Balaban J connectivity index is 1.99. The molecule has 0 bridgehead atoms. The molecule has 0 unspecified atom stereocenters.